The highest BCUT2D eigenvalue weighted by Crippen LogP contribution is 2.36. The maximum absolute atomic E-state index is 6.57. The fourth-order valence-corrected chi connectivity index (χ4v) is 6.25. The van der Waals surface area contributed by atoms with Crippen molar-refractivity contribution in [3.05, 3.63) is 29.8 Å². The van der Waals surface area contributed by atoms with Crippen LogP contribution in [0.2, 0.25) is 0 Å². The van der Waals surface area contributed by atoms with Gasteiger partial charge in [-0.1, -0.05) is 45.0 Å². The summed E-state index contributed by atoms with van der Waals surface area (Å²) in [4.78, 5) is 0. The summed E-state index contributed by atoms with van der Waals surface area (Å²) in [7, 11) is -2.96. The Morgan fingerprint density at radius 2 is 1.42 bits per heavy atom. The summed E-state index contributed by atoms with van der Waals surface area (Å²) in [5.41, 5.74) is 0.928. The van der Waals surface area contributed by atoms with E-state index in [-0.39, 0.29) is 16.6 Å². The van der Waals surface area contributed by atoms with Crippen LogP contribution in [0, 0.1) is 0 Å². The lowest BCUT2D eigenvalue weighted by Crippen LogP contribution is -2.61. The fraction of sp³-hybridized carbons (Fsp3) is 0.700. The summed E-state index contributed by atoms with van der Waals surface area (Å²) in [6, 6.07) is 8.64. The Hall–Kier alpha value is -0.683. The second-order valence-corrected chi connectivity index (χ2v) is 11.4. The van der Waals surface area contributed by atoms with Crippen LogP contribution in [0.3, 0.4) is 0 Å². The average molecular weight is 351 g/mol. The van der Waals surface area contributed by atoms with Gasteiger partial charge in [0.2, 0.25) is 0 Å². The minimum Gasteiger partial charge on any atom is -0.370 e. The molecule has 0 unspecified atom stereocenters. The molecule has 0 bridgehead atoms. The van der Waals surface area contributed by atoms with Crippen molar-refractivity contribution in [2.45, 2.75) is 84.8 Å². The molecule has 0 N–H and O–H groups in total. The monoisotopic (exact) mass is 350 g/mol. The highest BCUT2D eigenvalue weighted by Gasteiger charge is 2.53. The smallest absolute Gasteiger partial charge is 0.370 e. The number of hydrogen-bond acceptors (Lipinski definition) is 3. The van der Waals surface area contributed by atoms with Crippen molar-refractivity contribution in [3.63, 3.8) is 0 Å². The number of benzene rings is 1. The first-order chi connectivity index (χ1) is 10.9. The van der Waals surface area contributed by atoms with E-state index >= 15 is 0 Å². The Kier molecular flexibility index (Phi) is 5.37. The average Bonchev–Trinajstić information content (AvgIpc) is 2.53. The molecule has 0 aliphatic carbocycles. The van der Waals surface area contributed by atoms with Crippen LogP contribution in [0.15, 0.2) is 24.3 Å². The summed E-state index contributed by atoms with van der Waals surface area (Å²) in [6.07, 6.45) is 1.92. The van der Waals surface area contributed by atoms with Crippen LogP contribution in [0.4, 0.5) is 0 Å². The van der Waals surface area contributed by atoms with Gasteiger partial charge in [0, 0.05) is 11.8 Å². The van der Waals surface area contributed by atoms with Gasteiger partial charge >= 0.3 is 8.80 Å². The van der Waals surface area contributed by atoms with Gasteiger partial charge in [-0.2, -0.15) is 0 Å². The zero-order valence-corrected chi connectivity index (χ0v) is 17.7. The van der Waals surface area contributed by atoms with Crippen LogP contribution >= 0.6 is 0 Å². The van der Waals surface area contributed by atoms with Crippen LogP contribution in [0.25, 0.3) is 0 Å². The maximum Gasteiger partial charge on any atom is 0.538 e. The lowest BCUT2D eigenvalue weighted by molar-refractivity contribution is -0.0115. The third-order valence-corrected chi connectivity index (χ3v) is 7.94. The predicted octanol–water partition coefficient (Wildman–Crippen LogP) is 4.55. The molecule has 0 saturated carbocycles. The predicted molar refractivity (Wildman–Crippen MR) is 102 cm³/mol. The molecule has 1 aromatic rings. The van der Waals surface area contributed by atoms with Crippen LogP contribution in [-0.2, 0) is 18.7 Å². The molecule has 1 aliphatic heterocycles. The molecule has 136 valence electrons. The second-order valence-electron chi connectivity index (χ2n) is 9.04. The molecule has 0 amide bonds. The summed E-state index contributed by atoms with van der Waals surface area (Å²) in [5.74, 6) is 0. The Labute approximate surface area is 149 Å². The lowest BCUT2D eigenvalue weighted by atomic mass is 9.87. The van der Waals surface area contributed by atoms with Gasteiger partial charge in [-0.3, -0.25) is 0 Å². The van der Waals surface area contributed by atoms with E-state index in [9.17, 15) is 0 Å². The largest absolute Gasteiger partial charge is 0.538 e. The third-order valence-electron chi connectivity index (χ3n) is 4.59. The SMILES string of the molecule is CCO[Si]1(c2ccc(C(C)(C)C)cc2)OC(C)(C)CCC(C)(C)O1. The second kappa shape index (κ2) is 6.56. The van der Waals surface area contributed by atoms with Crippen molar-refractivity contribution < 1.29 is 13.3 Å². The standard InChI is InChI=1S/C20H34O3Si/c1-9-21-24(17-12-10-16(11-13-17)18(2,3)4)22-19(5,6)14-15-20(7,8)23-24/h10-13H,9,14-15H2,1-8H3. The maximum atomic E-state index is 6.57. The van der Waals surface area contributed by atoms with Crippen LogP contribution < -0.4 is 5.19 Å². The molecule has 1 fully saturated rings. The molecule has 2 rings (SSSR count). The van der Waals surface area contributed by atoms with Gasteiger partial charge in [0.15, 0.2) is 0 Å². The van der Waals surface area contributed by atoms with Gasteiger partial charge in [-0.05, 0) is 58.4 Å². The Morgan fingerprint density at radius 1 is 0.958 bits per heavy atom. The zero-order valence-electron chi connectivity index (χ0n) is 16.7. The first-order valence-electron chi connectivity index (χ1n) is 9.04. The molecule has 1 heterocycles. The summed E-state index contributed by atoms with van der Waals surface area (Å²) < 4.78 is 19.4. The molecule has 0 radical (unpaired) electrons. The van der Waals surface area contributed by atoms with Crippen LogP contribution in [0.5, 0.6) is 0 Å². The van der Waals surface area contributed by atoms with E-state index in [4.69, 9.17) is 13.3 Å². The summed E-state index contributed by atoms with van der Waals surface area (Å²) in [6.45, 7) is 17.8. The van der Waals surface area contributed by atoms with Crippen LogP contribution in [0.1, 0.15) is 73.8 Å². The molecule has 4 heteroatoms. The van der Waals surface area contributed by atoms with E-state index < -0.39 is 8.80 Å². The third kappa shape index (κ3) is 4.48. The van der Waals surface area contributed by atoms with E-state index in [0.717, 1.165) is 18.0 Å². The molecular formula is C20H34O3Si. The lowest BCUT2D eigenvalue weighted by Gasteiger charge is -2.37. The first kappa shape index (κ1) is 19.6. The van der Waals surface area contributed by atoms with E-state index in [1.54, 1.807) is 0 Å². The molecule has 1 aliphatic rings. The van der Waals surface area contributed by atoms with Crippen LogP contribution in [-0.4, -0.2) is 26.6 Å². The van der Waals surface area contributed by atoms with Gasteiger partial charge < -0.3 is 13.3 Å². The Balaban J connectivity index is 2.48. The van der Waals surface area contributed by atoms with E-state index in [0.29, 0.717) is 6.61 Å². The quantitative estimate of drug-likeness (QED) is 0.749. The van der Waals surface area contributed by atoms with Crippen molar-refractivity contribution in [3.8, 4) is 0 Å². The number of hydrogen-bond donors (Lipinski definition) is 0. The topological polar surface area (TPSA) is 27.7 Å². The molecule has 0 atom stereocenters. The van der Waals surface area contributed by atoms with Gasteiger partial charge in [0.05, 0.1) is 11.2 Å². The fourth-order valence-electron chi connectivity index (χ4n) is 3.08. The molecule has 1 aromatic carbocycles. The van der Waals surface area contributed by atoms with Gasteiger partial charge in [0.1, 0.15) is 0 Å². The molecule has 0 spiro atoms. The number of rotatable bonds is 3. The minimum absolute atomic E-state index is 0.128. The molecule has 0 aromatic heterocycles. The summed E-state index contributed by atoms with van der Waals surface area (Å²) >= 11 is 0. The zero-order chi connectivity index (χ0) is 18.2. The van der Waals surface area contributed by atoms with Crippen molar-refractivity contribution in [1.29, 1.82) is 0 Å². The van der Waals surface area contributed by atoms with Gasteiger partial charge in [-0.25, -0.2) is 0 Å². The molecular weight excluding hydrogens is 316 g/mol. The van der Waals surface area contributed by atoms with Gasteiger partial charge in [-0.15, -0.1) is 0 Å². The highest BCUT2D eigenvalue weighted by atomic mass is 28.4. The van der Waals surface area contributed by atoms with E-state index in [2.05, 4.69) is 72.7 Å². The molecule has 3 nitrogen and oxygen atoms in total. The van der Waals surface area contributed by atoms with E-state index in [1.165, 1.54) is 5.56 Å². The van der Waals surface area contributed by atoms with E-state index in [1.807, 2.05) is 6.92 Å². The van der Waals surface area contributed by atoms with Crippen molar-refractivity contribution in [1.82, 2.24) is 0 Å². The summed E-state index contributed by atoms with van der Waals surface area (Å²) in [5, 5.41) is 1.06. The van der Waals surface area contributed by atoms with Crippen molar-refractivity contribution >= 4 is 14.0 Å². The molecule has 1 saturated heterocycles. The Bertz CT molecular complexity index is 537. The highest BCUT2D eigenvalue weighted by molar-refractivity contribution is 6.75. The van der Waals surface area contributed by atoms with Crippen molar-refractivity contribution in [2.24, 2.45) is 0 Å². The minimum atomic E-state index is -2.96. The Morgan fingerprint density at radius 3 is 1.79 bits per heavy atom. The van der Waals surface area contributed by atoms with Gasteiger partial charge in [0.25, 0.3) is 0 Å². The van der Waals surface area contributed by atoms with Crippen molar-refractivity contribution in [2.75, 3.05) is 6.61 Å². The molecule has 24 heavy (non-hydrogen) atoms. The first-order valence-corrected chi connectivity index (χ1v) is 10.8. The normalized spacial score (nSPS) is 22.8.